The SMILES string of the molecule is CCCOc1cccc(NC(=O)C(N)CCCOC)c1. The van der Waals surface area contributed by atoms with E-state index in [4.69, 9.17) is 15.2 Å². The number of rotatable bonds is 9. The lowest BCUT2D eigenvalue weighted by molar-refractivity contribution is -0.117. The molecule has 1 rings (SSSR count). The second kappa shape index (κ2) is 9.34. The van der Waals surface area contributed by atoms with Gasteiger partial charge in [-0.25, -0.2) is 0 Å². The summed E-state index contributed by atoms with van der Waals surface area (Å²) in [6.07, 6.45) is 2.32. The minimum atomic E-state index is -0.523. The zero-order valence-electron chi connectivity index (χ0n) is 12.2. The van der Waals surface area contributed by atoms with Gasteiger partial charge in [-0.05, 0) is 31.4 Å². The lowest BCUT2D eigenvalue weighted by atomic mass is 10.1. The summed E-state index contributed by atoms with van der Waals surface area (Å²) in [6, 6.07) is 6.81. The summed E-state index contributed by atoms with van der Waals surface area (Å²) >= 11 is 0. The van der Waals surface area contributed by atoms with E-state index in [1.807, 2.05) is 25.1 Å². The number of amides is 1. The van der Waals surface area contributed by atoms with Crippen LogP contribution in [0.25, 0.3) is 0 Å². The van der Waals surface area contributed by atoms with Crippen molar-refractivity contribution in [1.82, 2.24) is 0 Å². The molecule has 0 radical (unpaired) electrons. The summed E-state index contributed by atoms with van der Waals surface area (Å²) in [5.74, 6) is 0.561. The number of hydrogen-bond donors (Lipinski definition) is 2. The van der Waals surface area contributed by atoms with E-state index in [0.29, 0.717) is 25.3 Å². The van der Waals surface area contributed by atoms with Crippen LogP contribution in [0.4, 0.5) is 5.69 Å². The predicted molar refractivity (Wildman–Crippen MR) is 79.9 cm³/mol. The summed E-state index contributed by atoms with van der Waals surface area (Å²) in [7, 11) is 1.63. The molecule has 1 atom stereocenters. The third-order valence-electron chi connectivity index (χ3n) is 2.77. The number of anilines is 1. The van der Waals surface area contributed by atoms with E-state index < -0.39 is 6.04 Å². The van der Waals surface area contributed by atoms with Gasteiger partial charge in [-0.1, -0.05) is 13.0 Å². The fourth-order valence-corrected chi connectivity index (χ4v) is 1.70. The zero-order chi connectivity index (χ0) is 14.8. The second-order valence-electron chi connectivity index (χ2n) is 4.61. The lowest BCUT2D eigenvalue weighted by Crippen LogP contribution is -2.35. The topological polar surface area (TPSA) is 73.6 Å². The number of carbonyl (C=O) groups is 1. The summed E-state index contributed by atoms with van der Waals surface area (Å²) < 4.78 is 10.5. The molecule has 1 aromatic rings. The van der Waals surface area contributed by atoms with Gasteiger partial charge in [0.05, 0.1) is 12.6 Å². The highest BCUT2D eigenvalue weighted by Gasteiger charge is 2.13. The van der Waals surface area contributed by atoms with Crippen molar-refractivity contribution in [3.63, 3.8) is 0 Å². The average Bonchev–Trinajstić information content (AvgIpc) is 2.45. The number of nitrogens with two attached hydrogens (primary N) is 1. The third-order valence-corrected chi connectivity index (χ3v) is 2.77. The first-order chi connectivity index (χ1) is 9.67. The van der Waals surface area contributed by atoms with E-state index in [0.717, 1.165) is 18.6 Å². The van der Waals surface area contributed by atoms with Crippen LogP contribution in [-0.4, -0.2) is 32.3 Å². The van der Waals surface area contributed by atoms with Crippen LogP contribution in [0.1, 0.15) is 26.2 Å². The standard InChI is InChI=1S/C15H24N2O3/c1-3-9-20-13-7-4-6-12(11-13)17-15(18)14(16)8-5-10-19-2/h4,6-7,11,14H,3,5,8-10,16H2,1-2H3,(H,17,18). The molecule has 0 fully saturated rings. The first-order valence-electron chi connectivity index (χ1n) is 6.95. The van der Waals surface area contributed by atoms with Crippen molar-refractivity contribution in [3.05, 3.63) is 24.3 Å². The molecule has 0 spiro atoms. The van der Waals surface area contributed by atoms with Crippen LogP contribution in [0.15, 0.2) is 24.3 Å². The monoisotopic (exact) mass is 280 g/mol. The van der Waals surface area contributed by atoms with Crippen molar-refractivity contribution in [2.24, 2.45) is 5.73 Å². The van der Waals surface area contributed by atoms with Crippen molar-refractivity contribution in [2.75, 3.05) is 25.6 Å². The van der Waals surface area contributed by atoms with Crippen molar-refractivity contribution < 1.29 is 14.3 Å². The number of ether oxygens (including phenoxy) is 2. The average molecular weight is 280 g/mol. The molecule has 5 nitrogen and oxygen atoms in total. The number of hydrogen-bond acceptors (Lipinski definition) is 4. The third kappa shape index (κ3) is 6.04. The van der Waals surface area contributed by atoms with Gasteiger partial charge in [0.25, 0.3) is 0 Å². The number of methoxy groups -OCH3 is 1. The molecule has 1 aromatic carbocycles. The summed E-state index contributed by atoms with van der Waals surface area (Å²) in [6.45, 7) is 3.32. The second-order valence-corrected chi connectivity index (χ2v) is 4.61. The Bertz CT molecular complexity index is 410. The van der Waals surface area contributed by atoms with E-state index in [1.165, 1.54) is 0 Å². The smallest absolute Gasteiger partial charge is 0.241 e. The minimum Gasteiger partial charge on any atom is -0.494 e. The Morgan fingerprint density at radius 1 is 1.40 bits per heavy atom. The predicted octanol–water partition coefficient (Wildman–Crippen LogP) is 2.17. The van der Waals surface area contributed by atoms with Crippen LogP contribution < -0.4 is 15.8 Å². The van der Waals surface area contributed by atoms with Crippen molar-refractivity contribution >= 4 is 11.6 Å². The Hall–Kier alpha value is -1.59. The molecule has 112 valence electrons. The largest absolute Gasteiger partial charge is 0.494 e. The van der Waals surface area contributed by atoms with Crippen molar-refractivity contribution in [2.45, 2.75) is 32.2 Å². The molecule has 3 N–H and O–H groups in total. The van der Waals surface area contributed by atoms with Gasteiger partial charge in [0, 0.05) is 25.5 Å². The Kier molecular flexibility index (Phi) is 7.69. The van der Waals surface area contributed by atoms with Gasteiger partial charge in [0.2, 0.25) is 5.91 Å². The highest BCUT2D eigenvalue weighted by atomic mass is 16.5. The molecule has 1 unspecified atom stereocenters. The number of nitrogens with one attached hydrogen (secondary N) is 1. The molecule has 0 bridgehead atoms. The van der Waals surface area contributed by atoms with Crippen LogP contribution in [-0.2, 0) is 9.53 Å². The Balaban J connectivity index is 2.48. The van der Waals surface area contributed by atoms with Gasteiger partial charge in [-0.2, -0.15) is 0 Å². The van der Waals surface area contributed by atoms with Gasteiger partial charge in [0.15, 0.2) is 0 Å². The molecule has 0 aromatic heterocycles. The quantitative estimate of drug-likeness (QED) is 0.680. The first kappa shape index (κ1) is 16.5. The maximum atomic E-state index is 11.9. The maximum absolute atomic E-state index is 11.9. The molecule has 20 heavy (non-hydrogen) atoms. The van der Waals surface area contributed by atoms with Crippen LogP contribution in [0.3, 0.4) is 0 Å². The van der Waals surface area contributed by atoms with Gasteiger partial charge in [0.1, 0.15) is 5.75 Å². The Labute approximate surface area is 120 Å². The van der Waals surface area contributed by atoms with Crippen molar-refractivity contribution in [3.8, 4) is 5.75 Å². The zero-order valence-corrected chi connectivity index (χ0v) is 12.2. The van der Waals surface area contributed by atoms with E-state index in [1.54, 1.807) is 13.2 Å². The van der Waals surface area contributed by atoms with E-state index in [2.05, 4.69) is 5.32 Å². The first-order valence-corrected chi connectivity index (χ1v) is 6.95. The van der Waals surface area contributed by atoms with Gasteiger partial charge in [-0.15, -0.1) is 0 Å². The molecule has 0 aliphatic carbocycles. The minimum absolute atomic E-state index is 0.186. The van der Waals surface area contributed by atoms with Crippen molar-refractivity contribution in [1.29, 1.82) is 0 Å². The van der Waals surface area contributed by atoms with E-state index >= 15 is 0 Å². The Morgan fingerprint density at radius 2 is 2.20 bits per heavy atom. The Morgan fingerprint density at radius 3 is 2.90 bits per heavy atom. The summed E-state index contributed by atoms with van der Waals surface area (Å²) in [5.41, 5.74) is 6.53. The summed E-state index contributed by atoms with van der Waals surface area (Å²) in [5, 5.41) is 2.80. The molecule has 5 heteroatoms. The van der Waals surface area contributed by atoms with E-state index in [-0.39, 0.29) is 5.91 Å². The molecule has 0 heterocycles. The fourth-order valence-electron chi connectivity index (χ4n) is 1.70. The maximum Gasteiger partial charge on any atom is 0.241 e. The van der Waals surface area contributed by atoms with Crippen LogP contribution in [0, 0.1) is 0 Å². The number of carbonyl (C=O) groups excluding carboxylic acids is 1. The molecule has 0 aliphatic rings. The summed E-state index contributed by atoms with van der Waals surface area (Å²) in [4.78, 5) is 11.9. The molecule has 0 saturated carbocycles. The van der Waals surface area contributed by atoms with Gasteiger partial charge in [-0.3, -0.25) is 4.79 Å². The molecule has 0 saturated heterocycles. The highest BCUT2D eigenvalue weighted by molar-refractivity contribution is 5.94. The molecule has 1 amide bonds. The molecular formula is C15H24N2O3. The highest BCUT2D eigenvalue weighted by Crippen LogP contribution is 2.17. The van der Waals surface area contributed by atoms with Crippen LogP contribution in [0.2, 0.25) is 0 Å². The van der Waals surface area contributed by atoms with Crippen LogP contribution >= 0.6 is 0 Å². The van der Waals surface area contributed by atoms with Gasteiger partial charge >= 0.3 is 0 Å². The normalized spacial score (nSPS) is 11.9. The fraction of sp³-hybridized carbons (Fsp3) is 0.533. The van der Waals surface area contributed by atoms with Crippen LogP contribution in [0.5, 0.6) is 5.75 Å². The van der Waals surface area contributed by atoms with Gasteiger partial charge < -0.3 is 20.5 Å². The number of benzene rings is 1. The van der Waals surface area contributed by atoms with E-state index in [9.17, 15) is 4.79 Å². The lowest BCUT2D eigenvalue weighted by Gasteiger charge is -2.13. The molecule has 0 aliphatic heterocycles. The molecular weight excluding hydrogens is 256 g/mol.